The van der Waals surface area contributed by atoms with Gasteiger partial charge < -0.3 is 9.52 Å². The van der Waals surface area contributed by atoms with Crippen LogP contribution < -0.4 is 5.63 Å². The van der Waals surface area contributed by atoms with E-state index < -0.39 is 5.63 Å². The fraction of sp³-hybridized carbons (Fsp3) is 0.111. The van der Waals surface area contributed by atoms with Gasteiger partial charge in [0, 0.05) is 11.8 Å². The topological polar surface area (TPSA) is 63.3 Å². The number of hydrogen-bond donors (Lipinski definition) is 1. The zero-order valence-corrected chi connectivity index (χ0v) is 12.3. The van der Waals surface area contributed by atoms with Crippen molar-refractivity contribution >= 4 is 0 Å². The van der Waals surface area contributed by atoms with Crippen molar-refractivity contribution in [3.05, 3.63) is 70.2 Å². The quantitative estimate of drug-likeness (QED) is 0.782. The van der Waals surface area contributed by atoms with Gasteiger partial charge in [-0.25, -0.2) is 4.79 Å². The van der Waals surface area contributed by atoms with E-state index in [1.807, 2.05) is 25.1 Å². The van der Waals surface area contributed by atoms with Crippen molar-refractivity contribution in [2.75, 3.05) is 0 Å². The summed E-state index contributed by atoms with van der Waals surface area (Å²) in [6.07, 6.45) is 1.61. The second-order valence-corrected chi connectivity index (χ2v) is 5.10. The summed E-state index contributed by atoms with van der Waals surface area (Å²) < 4.78 is 5.44. The number of aryl methyl sites for hydroxylation is 1. The molecule has 0 aliphatic rings. The predicted molar refractivity (Wildman–Crippen MR) is 84.8 cm³/mol. The summed E-state index contributed by atoms with van der Waals surface area (Å²) in [6, 6.07) is 12.7. The van der Waals surface area contributed by atoms with Crippen LogP contribution in [-0.2, 0) is 0 Å². The van der Waals surface area contributed by atoms with E-state index in [4.69, 9.17) is 4.42 Å². The predicted octanol–water partition coefficient (Wildman–Crippen LogP) is 3.69. The molecule has 1 aromatic carbocycles. The van der Waals surface area contributed by atoms with E-state index in [1.54, 1.807) is 37.4 Å². The summed E-state index contributed by atoms with van der Waals surface area (Å²) in [6.45, 7) is 3.60. The molecular weight excluding hydrogens is 278 g/mol. The molecule has 4 heteroatoms. The molecule has 1 N–H and O–H groups in total. The van der Waals surface area contributed by atoms with Gasteiger partial charge in [0.15, 0.2) is 5.76 Å². The molecule has 0 unspecified atom stereocenters. The van der Waals surface area contributed by atoms with Crippen LogP contribution in [0.5, 0.6) is 5.75 Å². The number of benzene rings is 1. The molecule has 0 saturated carbocycles. The Morgan fingerprint density at radius 1 is 1.05 bits per heavy atom. The summed E-state index contributed by atoms with van der Waals surface area (Å²) in [7, 11) is 0. The molecule has 3 rings (SSSR count). The highest BCUT2D eigenvalue weighted by atomic mass is 16.4. The average Bonchev–Trinajstić information content (AvgIpc) is 2.53. The summed E-state index contributed by atoms with van der Waals surface area (Å²) in [5, 5.41) is 10.5. The van der Waals surface area contributed by atoms with Gasteiger partial charge in [-0.05, 0) is 37.1 Å². The highest BCUT2D eigenvalue weighted by Crippen LogP contribution is 2.35. The number of hydrogen-bond acceptors (Lipinski definition) is 4. The fourth-order valence-electron chi connectivity index (χ4n) is 2.44. The van der Waals surface area contributed by atoms with Gasteiger partial charge in [0.1, 0.15) is 17.0 Å². The van der Waals surface area contributed by atoms with Gasteiger partial charge in [-0.2, -0.15) is 0 Å². The Bertz CT molecular complexity index is 883. The molecule has 0 fully saturated rings. The number of aromatic hydroxyl groups is 1. The van der Waals surface area contributed by atoms with E-state index in [2.05, 4.69) is 4.98 Å². The maximum Gasteiger partial charge on any atom is 0.348 e. The zero-order chi connectivity index (χ0) is 15.7. The third kappa shape index (κ3) is 2.29. The molecule has 110 valence electrons. The van der Waals surface area contributed by atoms with Gasteiger partial charge in [0.05, 0.1) is 0 Å². The maximum atomic E-state index is 12.4. The van der Waals surface area contributed by atoms with Gasteiger partial charge in [0.25, 0.3) is 0 Å². The van der Waals surface area contributed by atoms with Crippen LogP contribution in [-0.4, -0.2) is 10.1 Å². The Balaban J connectivity index is 2.27. The normalized spacial score (nSPS) is 10.6. The van der Waals surface area contributed by atoms with Crippen molar-refractivity contribution in [1.29, 1.82) is 0 Å². The molecule has 0 aliphatic carbocycles. The molecule has 2 aromatic heterocycles. The van der Waals surface area contributed by atoms with Crippen molar-refractivity contribution < 1.29 is 9.52 Å². The van der Waals surface area contributed by atoms with Gasteiger partial charge in [-0.1, -0.05) is 30.3 Å². The van der Waals surface area contributed by atoms with Gasteiger partial charge in [-0.3, -0.25) is 4.98 Å². The van der Waals surface area contributed by atoms with E-state index >= 15 is 0 Å². The van der Waals surface area contributed by atoms with Crippen molar-refractivity contribution in [3.63, 3.8) is 0 Å². The lowest BCUT2D eigenvalue weighted by molar-refractivity contribution is 0.449. The Labute approximate surface area is 127 Å². The van der Waals surface area contributed by atoms with Crippen LogP contribution in [0.2, 0.25) is 0 Å². The average molecular weight is 293 g/mol. The molecule has 2 heterocycles. The lowest BCUT2D eigenvalue weighted by Crippen LogP contribution is -2.07. The van der Waals surface area contributed by atoms with E-state index in [0.717, 1.165) is 5.56 Å². The van der Waals surface area contributed by atoms with Crippen LogP contribution in [0, 0.1) is 13.8 Å². The van der Waals surface area contributed by atoms with E-state index in [1.165, 1.54) is 0 Å². The molecular formula is C18H15NO3. The summed E-state index contributed by atoms with van der Waals surface area (Å²) >= 11 is 0. The molecule has 3 aromatic rings. The van der Waals surface area contributed by atoms with Crippen LogP contribution in [0.1, 0.15) is 11.1 Å². The Morgan fingerprint density at radius 2 is 1.77 bits per heavy atom. The van der Waals surface area contributed by atoms with E-state index in [9.17, 15) is 9.90 Å². The van der Waals surface area contributed by atoms with E-state index in [-0.39, 0.29) is 11.3 Å². The van der Waals surface area contributed by atoms with Gasteiger partial charge in [0.2, 0.25) is 0 Å². The van der Waals surface area contributed by atoms with Crippen molar-refractivity contribution in [2.24, 2.45) is 0 Å². The molecule has 0 bridgehead atoms. The Morgan fingerprint density at radius 3 is 2.45 bits per heavy atom. The largest absolute Gasteiger partial charge is 0.507 e. The molecule has 0 atom stereocenters. The minimum atomic E-state index is -0.571. The SMILES string of the molecule is Cc1ccccc1-c1c(O)c(C)c(-c2ccccn2)oc1=O. The number of nitrogens with zero attached hydrogens (tertiary/aromatic N) is 1. The molecule has 0 aliphatic heterocycles. The fourth-order valence-corrected chi connectivity index (χ4v) is 2.44. The molecule has 0 spiro atoms. The van der Waals surface area contributed by atoms with Crippen LogP contribution in [0.25, 0.3) is 22.6 Å². The standard InChI is InChI=1S/C18H15NO3/c1-11-7-3-4-8-13(11)15-16(20)12(2)17(22-18(15)21)14-9-5-6-10-19-14/h3-10,20H,1-2H3. The number of aromatic nitrogens is 1. The second kappa shape index (κ2) is 5.48. The van der Waals surface area contributed by atoms with Crippen LogP contribution >= 0.6 is 0 Å². The first-order valence-electron chi connectivity index (χ1n) is 6.93. The monoisotopic (exact) mass is 293 g/mol. The maximum absolute atomic E-state index is 12.4. The smallest absolute Gasteiger partial charge is 0.348 e. The Kier molecular flexibility index (Phi) is 3.51. The lowest BCUT2D eigenvalue weighted by Gasteiger charge is -2.11. The van der Waals surface area contributed by atoms with Crippen LogP contribution in [0.15, 0.2) is 57.9 Å². The molecule has 0 saturated heterocycles. The highest BCUT2D eigenvalue weighted by molar-refractivity contribution is 5.76. The Hall–Kier alpha value is -2.88. The first-order chi connectivity index (χ1) is 10.6. The summed E-state index contributed by atoms with van der Waals surface area (Å²) in [4.78, 5) is 16.6. The molecule has 0 amide bonds. The van der Waals surface area contributed by atoms with Crippen molar-refractivity contribution in [3.8, 4) is 28.3 Å². The molecule has 4 nitrogen and oxygen atoms in total. The summed E-state index contributed by atoms with van der Waals surface area (Å²) in [5.41, 5.74) is 2.20. The first-order valence-corrected chi connectivity index (χ1v) is 6.93. The third-order valence-corrected chi connectivity index (χ3v) is 3.64. The van der Waals surface area contributed by atoms with Crippen LogP contribution in [0.3, 0.4) is 0 Å². The lowest BCUT2D eigenvalue weighted by atomic mass is 9.99. The number of pyridine rings is 1. The van der Waals surface area contributed by atoms with Gasteiger partial charge in [-0.15, -0.1) is 0 Å². The molecule has 0 radical (unpaired) electrons. The highest BCUT2D eigenvalue weighted by Gasteiger charge is 2.20. The van der Waals surface area contributed by atoms with Crippen LogP contribution in [0.4, 0.5) is 0 Å². The van der Waals surface area contributed by atoms with Crippen molar-refractivity contribution in [1.82, 2.24) is 4.98 Å². The second-order valence-electron chi connectivity index (χ2n) is 5.10. The van der Waals surface area contributed by atoms with Crippen molar-refractivity contribution in [2.45, 2.75) is 13.8 Å². The minimum Gasteiger partial charge on any atom is -0.507 e. The summed E-state index contributed by atoms with van der Waals surface area (Å²) in [5.74, 6) is 0.228. The van der Waals surface area contributed by atoms with Gasteiger partial charge >= 0.3 is 5.63 Å². The van der Waals surface area contributed by atoms with E-state index in [0.29, 0.717) is 22.6 Å². The third-order valence-electron chi connectivity index (χ3n) is 3.64. The first kappa shape index (κ1) is 14.1. The molecule has 22 heavy (non-hydrogen) atoms. The zero-order valence-electron chi connectivity index (χ0n) is 12.3. The minimum absolute atomic E-state index is 0.0637. The number of rotatable bonds is 2.